The Labute approximate surface area is 206 Å². The molecule has 5 rings (SSSR count). The third-order valence-electron chi connectivity index (χ3n) is 5.86. The highest BCUT2D eigenvalue weighted by atomic mass is 32.2. The van der Waals surface area contributed by atoms with Crippen LogP contribution >= 0.6 is 11.8 Å². The van der Waals surface area contributed by atoms with Gasteiger partial charge in [0.05, 0.1) is 23.0 Å². The Bertz CT molecular complexity index is 1590. The monoisotopic (exact) mass is 479 g/mol. The second kappa shape index (κ2) is 9.44. The molecule has 0 spiro atoms. The average Bonchev–Trinajstić information content (AvgIpc) is 3.44. The highest BCUT2D eigenvalue weighted by Crippen LogP contribution is 2.27. The fourth-order valence-electron chi connectivity index (χ4n) is 3.97. The molecule has 0 fully saturated rings. The van der Waals surface area contributed by atoms with Gasteiger partial charge in [0.1, 0.15) is 0 Å². The number of tetrazole rings is 1. The maximum absolute atomic E-state index is 13.4. The summed E-state index contributed by atoms with van der Waals surface area (Å²) in [5, 5.41) is 22.0. The lowest BCUT2D eigenvalue weighted by atomic mass is 10.00. The topological polar surface area (TPSA) is 94.3 Å². The molecule has 8 nitrogen and oxygen atoms in total. The Morgan fingerprint density at radius 3 is 2.43 bits per heavy atom. The number of para-hydroxylation sites is 1. The summed E-state index contributed by atoms with van der Waals surface area (Å²) in [7, 11) is 1.84. The average molecular weight is 480 g/mol. The summed E-state index contributed by atoms with van der Waals surface area (Å²) in [4.78, 5) is 13.4. The summed E-state index contributed by atoms with van der Waals surface area (Å²) in [5.41, 5.74) is 5.39. The van der Waals surface area contributed by atoms with Gasteiger partial charge in [-0.15, -0.1) is 5.10 Å². The van der Waals surface area contributed by atoms with Crippen molar-refractivity contribution in [1.29, 1.82) is 5.26 Å². The lowest BCUT2D eigenvalue weighted by molar-refractivity contribution is 0.630. The highest BCUT2D eigenvalue weighted by Gasteiger charge is 2.22. The van der Waals surface area contributed by atoms with E-state index in [0.717, 1.165) is 28.1 Å². The van der Waals surface area contributed by atoms with Gasteiger partial charge >= 0.3 is 0 Å². The molecule has 9 heteroatoms. The highest BCUT2D eigenvalue weighted by molar-refractivity contribution is 7.98. The number of rotatable bonds is 6. The third kappa shape index (κ3) is 4.16. The van der Waals surface area contributed by atoms with E-state index in [4.69, 9.17) is 0 Å². The summed E-state index contributed by atoms with van der Waals surface area (Å²) in [6.07, 6.45) is 0. The number of hydrogen-bond acceptors (Lipinski definition) is 6. The van der Waals surface area contributed by atoms with Crippen LogP contribution in [-0.2, 0) is 12.8 Å². The first-order valence-corrected chi connectivity index (χ1v) is 11.9. The fourth-order valence-corrected chi connectivity index (χ4v) is 4.80. The van der Waals surface area contributed by atoms with Crippen molar-refractivity contribution in [1.82, 2.24) is 29.6 Å². The van der Waals surface area contributed by atoms with E-state index < -0.39 is 0 Å². The van der Waals surface area contributed by atoms with Crippen LogP contribution in [0.1, 0.15) is 16.8 Å². The molecule has 0 saturated heterocycles. The first-order chi connectivity index (χ1) is 17.1. The molecule has 0 saturated carbocycles. The summed E-state index contributed by atoms with van der Waals surface area (Å²) in [6.45, 7) is 1.88. The zero-order valence-electron chi connectivity index (χ0n) is 19.2. The maximum atomic E-state index is 13.4. The minimum absolute atomic E-state index is 0.189. The molecule has 3 aromatic carbocycles. The molecule has 0 radical (unpaired) electrons. The van der Waals surface area contributed by atoms with Gasteiger partial charge in [-0.25, -0.2) is 4.68 Å². The van der Waals surface area contributed by atoms with Crippen LogP contribution in [-0.4, -0.2) is 29.6 Å². The van der Waals surface area contributed by atoms with Gasteiger partial charge in [-0.1, -0.05) is 72.4 Å². The first kappa shape index (κ1) is 22.4. The van der Waals surface area contributed by atoms with E-state index in [1.807, 2.05) is 92.8 Å². The second-order valence-corrected chi connectivity index (χ2v) is 8.87. The van der Waals surface area contributed by atoms with E-state index in [2.05, 4.69) is 21.6 Å². The molecule has 172 valence electrons. The zero-order valence-corrected chi connectivity index (χ0v) is 20.0. The van der Waals surface area contributed by atoms with Gasteiger partial charge in [0.2, 0.25) is 5.16 Å². The lowest BCUT2D eigenvalue weighted by Gasteiger charge is -2.07. The molecule has 0 atom stereocenters. The normalized spacial score (nSPS) is 10.9. The molecular formula is C26H21N7OS. The summed E-state index contributed by atoms with van der Waals surface area (Å²) in [6, 6.07) is 27.3. The van der Waals surface area contributed by atoms with Gasteiger partial charge in [-0.2, -0.15) is 9.94 Å². The van der Waals surface area contributed by atoms with Crippen LogP contribution in [0.15, 0.2) is 88.8 Å². The number of thioether (sulfide) groups is 1. The minimum atomic E-state index is -0.189. The van der Waals surface area contributed by atoms with Crippen molar-refractivity contribution in [2.75, 3.05) is 0 Å². The van der Waals surface area contributed by atoms with Gasteiger partial charge in [0.25, 0.3) is 5.56 Å². The van der Waals surface area contributed by atoms with E-state index in [0.29, 0.717) is 22.2 Å². The third-order valence-corrected chi connectivity index (χ3v) is 6.85. The number of hydrogen-bond donors (Lipinski definition) is 0. The van der Waals surface area contributed by atoms with Gasteiger partial charge in [0.15, 0.2) is 5.69 Å². The van der Waals surface area contributed by atoms with E-state index >= 15 is 0 Å². The quantitative estimate of drug-likeness (QED) is 0.337. The SMILES string of the molecule is Cc1c(-n2nnnc2SCc2ccc(-c3ccccc3C#N)cc2)c(=O)n(-c2ccccc2)n1C. The van der Waals surface area contributed by atoms with E-state index in [1.165, 1.54) is 16.4 Å². The summed E-state index contributed by atoms with van der Waals surface area (Å²) < 4.78 is 4.93. The van der Waals surface area contributed by atoms with Gasteiger partial charge in [0, 0.05) is 12.8 Å². The zero-order chi connectivity index (χ0) is 24.4. The van der Waals surface area contributed by atoms with E-state index in [9.17, 15) is 10.1 Å². The lowest BCUT2D eigenvalue weighted by Crippen LogP contribution is -2.22. The molecular weight excluding hydrogens is 458 g/mol. The molecule has 0 aliphatic heterocycles. The van der Waals surface area contributed by atoms with E-state index in [-0.39, 0.29) is 5.56 Å². The van der Waals surface area contributed by atoms with Crippen LogP contribution < -0.4 is 5.56 Å². The van der Waals surface area contributed by atoms with Gasteiger partial charge in [-0.05, 0) is 52.2 Å². The molecule has 0 unspecified atom stereocenters. The molecule has 0 aliphatic rings. The molecule has 0 bridgehead atoms. The second-order valence-electron chi connectivity index (χ2n) is 7.93. The maximum Gasteiger partial charge on any atom is 0.297 e. The Balaban J connectivity index is 1.40. The van der Waals surface area contributed by atoms with Crippen LogP contribution in [0, 0.1) is 18.3 Å². The number of aromatic nitrogens is 6. The molecule has 0 aliphatic carbocycles. The molecule has 2 heterocycles. The summed E-state index contributed by atoms with van der Waals surface area (Å²) in [5.74, 6) is 0.624. The van der Waals surface area contributed by atoms with Crippen molar-refractivity contribution in [3.8, 4) is 28.6 Å². The fraction of sp³-hybridized carbons (Fsp3) is 0.115. The Morgan fingerprint density at radius 1 is 0.971 bits per heavy atom. The van der Waals surface area contributed by atoms with Crippen LogP contribution in [0.25, 0.3) is 22.5 Å². The van der Waals surface area contributed by atoms with Crippen molar-refractivity contribution >= 4 is 11.8 Å². The van der Waals surface area contributed by atoms with Crippen LogP contribution in [0.5, 0.6) is 0 Å². The molecule has 0 amide bonds. The smallest absolute Gasteiger partial charge is 0.283 e. The van der Waals surface area contributed by atoms with Crippen molar-refractivity contribution < 1.29 is 0 Å². The standard InChI is InChI=1S/C26H21N7OS/c1-18-24(25(34)33(31(18)2)22-9-4-3-5-10-22)32-26(28-29-30-32)35-17-19-12-14-20(15-13-19)23-11-7-6-8-21(23)16-27/h3-15H,17H2,1-2H3. The van der Waals surface area contributed by atoms with E-state index in [1.54, 1.807) is 9.36 Å². The Morgan fingerprint density at radius 2 is 1.69 bits per heavy atom. The van der Waals surface area contributed by atoms with Crippen molar-refractivity contribution in [3.05, 3.63) is 106 Å². The largest absolute Gasteiger partial charge is 0.297 e. The van der Waals surface area contributed by atoms with Gasteiger partial charge in [-0.3, -0.25) is 9.48 Å². The van der Waals surface area contributed by atoms with Gasteiger partial charge < -0.3 is 0 Å². The van der Waals surface area contributed by atoms with Crippen molar-refractivity contribution in [2.24, 2.45) is 7.05 Å². The van der Waals surface area contributed by atoms with Crippen LogP contribution in [0.3, 0.4) is 0 Å². The summed E-state index contributed by atoms with van der Waals surface area (Å²) >= 11 is 1.46. The predicted octanol–water partition coefficient (Wildman–Crippen LogP) is 4.29. The first-order valence-electron chi connectivity index (χ1n) is 10.9. The molecule has 2 aromatic heterocycles. The minimum Gasteiger partial charge on any atom is -0.283 e. The van der Waals surface area contributed by atoms with Crippen molar-refractivity contribution in [3.63, 3.8) is 0 Å². The van der Waals surface area contributed by atoms with Crippen molar-refractivity contribution in [2.45, 2.75) is 17.8 Å². The van der Waals surface area contributed by atoms with Crippen LogP contribution in [0.4, 0.5) is 0 Å². The molecule has 5 aromatic rings. The Kier molecular flexibility index (Phi) is 6.04. The number of nitrogens with zero attached hydrogens (tertiary/aromatic N) is 7. The van der Waals surface area contributed by atoms with Crippen LogP contribution in [0.2, 0.25) is 0 Å². The number of benzene rings is 3. The predicted molar refractivity (Wildman–Crippen MR) is 135 cm³/mol. The number of nitriles is 1. The Hall–Kier alpha value is -4.42. The molecule has 0 N–H and O–H groups in total. The molecule has 35 heavy (non-hydrogen) atoms.